The first kappa shape index (κ1) is 12.7. The fourth-order valence-electron chi connectivity index (χ4n) is 0.641. The first-order chi connectivity index (χ1) is 6.57. The summed E-state index contributed by atoms with van der Waals surface area (Å²) in [5.41, 5.74) is 5.15. The summed E-state index contributed by atoms with van der Waals surface area (Å²) in [5.74, 6) is -1.15. The summed E-state index contributed by atoms with van der Waals surface area (Å²) in [4.78, 5) is 21.1. The lowest BCUT2D eigenvalue weighted by molar-refractivity contribution is -0.138. The number of hydrogen-bond donors (Lipinski definition) is 3. The molecule has 0 aromatic carbocycles. The van der Waals surface area contributed by atoms with Gasteiger partial charge in [-0.25, -0.2) is 4.79 Å². The molecule has 0 heterocycles. The Balaban J connectivity index is 3.48. The summed E-state index contributed by atoms with van der Waals surface area (Å²) in [5, 5.41) is 10.6. The molecule has 0 bridgehead atoms. The van der Waals surface area contributed by atoms with Crippen LogP contribution in [0.15, 0.2) is 0 Å². The number of carboxylic acid groups (broad SMARTS) is 1. The Labute approximate surface area is 82.4 Å². The van der Waals surface area contributed by atoms with Gasteiger partial charge in [-0.3, -0.25) is 4.79 Å². The van der Waals surface area contributed by atoms with E-state index in [0.29, 0.717) is 6.61 Å². The molecule has 1 atom stereocenters. The number of hydrogen-bond acceptors (Lipinski definition) is 4. The van der Waals surface area contributed by atoms with Crippen LogP contribution >= 0.6 is 0 Å². The Kier molecular flexibility index (Phi) is 6.47. The number of alkyl carbamates (subject to hydrolysis) is 1. The van der Waals surface area contributed by atoms with E-state index < -0.39 is 18.1 Å². The normalized spacial score (nSPS) is 11.9. The Morgan fingerprint density at radius 1 is 1.57 bits per heavy atom. The van der Waals surface area contributed by atoms with Crippen molar-refractivity contribution in [3.05, 3.63) is 0 Å². The molecule has 0 rings (SSSR count). The van der Waals surface area contributed by atoms with Crippen molar-refractivity contribution in [3.8, 4) is 0 Å². The molecule has 4 N–H and O–H groups in total. The van der Waals surface area contributed by atoms with Crippen molar-refractivity contribution >= 4 is 12.1 Å². The summed E-state index contributed by atoms with van der Waals surface area (Å²) in [7, 11) is 0. The van der Waals surface area contributed by atoms with E-state index in [4.69, 9.17) is 15.6 Å². The number of amides is 1. The molecule has 0 aromatic rings. The molecule has 1 amide bonds. The minimum Gasteiger partial charge on any atom is -0.480 e. The standard InChI is InChI=1S/C8H16N2O4/c1-2-3-4-14-8(13)10-5-6(9)7(11)12/h6H,2-5,9H2,1H3,(H,10,13)(H,11,12)/t6-/m0/s1. The molecule has 14 heavy (non-hydrogen) atoms. The van der Waals surface area contributed by atoms with Crippen LogP contribution in [0, 0.1) is 0 Å². The van der Waals surface area contributed by atoms with E-state index in [2.05, 4.69) is 5.32 Å². The smallest absolute Gasteiger partial charge is 0.407 e. The van der Waals surface area contributed by atoms with Crippen LogP contribution in [0.5, 0.6) is 0 Å². The van der Waals surface area contributed by atoms with Crippen molar-refractivity contribution in [3.63, 3.8) is 0 Å². The minimum atomic E-state index is -1.15. The SMILES string of the molecule is CCCCOC(=O)NC[C@H](N)C(=O)O. The molecule has 0 saturated carbocycles. The monoisotopic (exact) mass is 204 g/mol. The third-order valence-electron chi connectivity index (χ3n) is 1.51. The van der Waals surface area contributed by atoms with Gasteiger partial charge in [0.05, 0.1) is 6.61 Å². The molecule has 0 radical (unpaired) electrons. The maximum Gasteiger partial charge on any atom is 0.407 e. The summed E-state index contributed by atoms with van der Waals surface area (Å²) in [6, 6.07) is -1.09. The molecule has 82 valence electrons. The van der Waals surface area contributed by atoms with Gasteiger partial charge < -0.3 is 20.9 Å². The summed E-state index contributed by atoms with van der Waals surface area (Å²) >= 11 is 0. The molecular formula is C8H16N2O4. The number of aliphatic carboxylic acids is 1. The van der Waals surface area contributed by atoms with Crippen molar-refractivity contribution < 1.29 is 19.4 Å². The second-order valence-corrected chi connectivity index (χ2v) is 2.82. The van der Waals surface area contributed by atoms with Gasteiger partial charge in [-0.15, -0.1) is 0 Å². The first-order valence-electron chi connectivity index (χ1n) is 4.47. The van der Waals surface area contributed by atoms with Crippen LogP contribution in [-0.4, -0.2) is 36.4 Å². The molecular weight excluding hydrogens is 188 g/mol. The highest BCUT2D eigenvalue weighted by Crippen LogP contribution is 1.88. The predicted molar refractivity (Wildman–Crippen MR) is 49.9 cm³/mol. The Bertz CT molecular complexity index is 196. The van der Waals surface area contributed by atoms with Crippen molar-refractivity contribution in [1.29, 1.82) is 0 Å². The third-order valence-corrected chi connectivity index (χ3v) is 1.51. The molecule has 0 saturated heterocycles. The lowest BCUT2D eigenvalue weighted by atomic mass is 10.3. The molecule has 0 aliphatic rings. The van der Waals surface area contributed by atoms with E-state index in [0.717, 1.165) is 12.8 Å². The van der Waals surface area contributed by atoms with Crippen LogP contribution in [0.1, 0.15) is 19.8 Å². The fraction of sp³-hybridized carbons (Fsp3) is 0.750. The lowest BCUT2D eigenvalue weighted by Crippen LogP contribution is -2.42. The number of carboxylic acids is 1. The zero-order valence-electron chi connectivity index (χ0n) is 8.16. The van der Waals surface area contributed by atoms with E-state index in [1.165, 1.54) is 0 Å². The highest BCUT2D eigenvalue weighted by Gasteiger charge is 2.12. The summed E-state index contributed by atoms with van der Waals surface area (Å²) in [6.45, 7) is 2.19. The average Bonchev–Trinajstić information content (AvgIpc) is 2.14. The fourth-order valence-corrected chi connectivity index (χ4v) is 0.641. The molecule has 0 fully saturated rings. The van der Waals surface area contributed by atoms with Crippen LogP contribution in [0.4, 0.5) is 4.79 Å². The van der Waals surface area contributed by atoms with Gasteiger partial charge in [0.25, 0.3) is 0 Å². The molecule has 0 aliphatic carbocycles. The van der Waals surface area contributed by atoms with Crippen LogP contribution in [0.2, 0.25) is 0 Å². The van der Waals surface area contributed by atoms with E-state index in [-0.39, 0.29) is 6.54 Å². The van der Waals surface area contributed by atoms with Crippen molar-refractivity contribution in [2.75, 3.05) is 13.2 Å². The lowest BCUT2D eigenvalue weighted by Gasteiger charge is -2.08. The van der Waals surface area contributed by atoms with E-state index in [9.17, 15) is 9.59 Å². The highest BCUT2D eigenvalue weighted by molar-refractivity contribution is 5.75. The van der Waals surface area contributed by atoms with E-state index >= 15 is 0 Å². The summed E-state index contributed by atoms with van der Waals surface area (Å²) in [6.07, 6.45) is 1.09. The highest BCUT2D eigenvalue weighted by atomic mass is 16.5. The number of carbonyl (C=O) groups is 2. The third kappa shape index (κ3) is 6.24. The van der Waals surface area contributed by atoms with Crippen LogP contribution in [0.3, 0.4) is 0 Å². The quantitative estimate of drug-likeness (QED) is 0.525. The van der Waals surface area contributed by atoms with Crippen molar-refractivity contribution in [2.45, 2.75) is 25.8 Å². The molecule has 6 heteroatoms. The van der Waals surface area contributed by atoms with Crippen LogP contribution < -0.4 is 11.1 Å². The largest absolute Gasteiger partial charge is 0.480 e. The zero-order chi connectivity index (χ0) is 11.0. The van der Waals surface area contributed by atoms with Gasteiger partial charge in [0.2, 0.25) is 0 Å². The van der Waals surface area contributed by atoms with Gasteiger partial charge in [-0.1, -0.05) is 13.3 Å². The van der Waals surface area contributed by atoms with Crippen molar-refractivity contribution in [1.82, 2.24) is 5.32 Å². The van der Waals surface area contributed by atoms with Gasteiger partial charge >= 0.3 is 12.1 Å². The second-order valence-electron chi connectivity index (χ2n) is 2.82. The number of nitrogens with two attached hydrogens (primary N) is 1. The number of unbranched alkanes of at least 4 members (excludes halogenated alkanes) is 1. The maximum atomic E-state index is 10.9. The van der Waals surface area contributed by atoms with Crippen LogP contribution in [0.25, 0.3) is 0 Å². The maximum absolute atomic E-state index is 10.9. The molecule has 0 spiro atoms. The van der Waals surface area contributed by atoms with E-state index in [1.807, 2.05) is 6.92 Å². The first-order valence-corrected chi connectivity index (χ1v) is 4.47. The number of ether oxygens (including phenoxy) is 1. The molecule has 6 nitrogen and oxygen atoms in total. The number of carbonyl (C=O) groups excluding carboxylic acids is 1. The molecule has 0 unspecified atom stereocenters. The zero-order valence-corrected chi connectivity index (χ0v) is 8.16. The van der Waals surface area contributed by atoms with Gasteiger partial charge in [0, 0.05) is 6.54 Å². The van der Waals surface area contributed by atoms with Gasteiger partial charge in [0.15, 0.2) is 0 Å². The Hall–Kier alpha value is -1.30. The van der Waals surface area contributed by atoms with Gasteiger partial charge in [-0.05, 0) is 6.42 Å². The topological polar surface area (TPSA) is 102 Å². The second kappa shape index (κ2) is 7.14. The number of rotatable bonds is 6. The predicted octanol–water partition coefficient (Wildman–Crippen LogP) is -0.0754. The molecule has 0 aromatic heterocycles. The summed E-state index contributed by atoms with van der Waals surface area (Å²) < 4.78 is 4.71. The van der Waals surface area contributed by atoms with Gasteiger partial charge in [-0.2, -0.15) is 0 Å². The number of nitrogens with one attached hydrogen (secondary N) is 1. The van der Waals surface area contributed by atoms with Crippen molar-refractivity contribution in [2.24, 2.45) is 5.73 Å². The van der Waals surface area contributed by atoms with Gasteiger partial charge in [0.1, 0.15) is 6.04 Å². The molecule has 0 aliphatic heterocycles. The Morgan fingerprint density at radius 3 is 2.71 bits per heavy atom. The van der Waals surface area contributed by atoms with E-state index in [1.54, 1.807) is 0 Å². The van der Waals surface area contributed by atoms with Crippen LogP contribution in [-0.2, 0) is 9.53 Å². The minimum absolute atomic E-state index is 0.125. The average molecular weight is 204 g/mol. The Morgan fingerprint density at radius 2 is 2.21 bits per heavy atom.